The Labute approximate surface area is 135 Å². The molecule has 1 saturated heterocycles. The fourth-order valence-electron chi connectivity index (χ4n) is 2.60. The van der Waals surface area contributed by atoms with Crippen LogP contribution in [0.15, 0.2) is 36.4 Å². The van der Waals surface area contributed by atoms with E-state index in [1.807, 2.05) is 43.3 Å². The molecule has 3 rings (SSSR count). The maximum Gasteiger partial charge on any atom is 0.302 e. The van der Waals surface area contributed by atoms with E-state index in [0.29, 0.717) is 25.3 Å². The fourth-order valence-corrected chi connectivity index (χ4v) is 2.60. The van der Waals surface area contributed by atoms with Crippen LogP contribution in [-0.4, -0.2) is 34.8 Å². The highest BCUT2D eigenvalue weighted by molar-refractivity contribution is 5.66. The SMILES string of the molecule is CC(=O)OC1CCOC(Oc2cc(C)nn2-c2ccccc2)C1. The summed E-state index contributed by atoms with van der Waals surface area (Å²) in [5, 5.41) is 4.46. The molecule has 0 amide bonds. The molecule has 23 heavy (non-hydrogen) atoms. The van der Waals surface area contributed by atoms with Gasteiger partial charge in [-0.3, -0.25) is 4.79 Å². The topological polar surface area (TPSA) is 62.6 Å². The molecule has 0 bridgehead atoms. The van der Waals surface area contributed by atoms with Gasteiger partial charge in [-0.05, 0) is 19.1 Å². The van der Waals surface area contributed by atoms with Gasteiger partial charge in [-0.15, -0.1) is 0 Å². The Morgan fingerprint density at radius 1 is 1.35 bits per heavy atom. The Balaban J connectivity index is 1.74. The van der Waals surface area contributed by atoms with Crippen molar-refractivity contribution in [1.82, 2.24) is 9.78 Å². The van der Waals surface area contributed by atoms with Crippen LogP contribution in [0.4, 0.5) is 0 Å². The molecule has 0 spiro atoms. The maximum atomic E-state index is 11.1. The number of benzene rings is 1. The van der Waals surface area contributed by atoms with Gasteiger partial charge in [-0.2, -0.15) is 5.10 Å². The van der Waals surface area contributed by atoms with Gasteiger partial charge in [-0.25, -0.2) is 4.68 Å². The van der Waals surface area contributed by atoms with E-state index in [1.165, 1.54) is 6.92 Å². The Kier molecular flexibility index (Phi) is 4.62. The van der Waals surface area contributed by atoms with Gasteiger partial charge in [0.15, 0.2) is 0 Å². The molecular weight excluding hydrogens is 296 g/mol. The zero-order valence-corrected chi connectivity index (χ0v) is 13.3. The number of nitrogens with zero attached hydrogens (tertiary/aromatic N) is 2. The Hall–Kier alpha value is -2.34. The minimum atomic E-state index is -0.452. The highest BCUT2D eigenvalue weighted by Gasteiger charge is 2.27. The molecule has 0 saturated carbocycles. The van der Waals surface area contributed by atoms with E-state index in [-0.39, 0.29) is 12.1 Å². The Morgan fingerprint density at radius 2 is 2.13 bits per heavy atom. The van der Waals surface area contributed by atoms with Crippen molar-refractivity contribution in [1.29, 1.82) is 0 Å². The molecule has 2 unspecified atom stereocenters. The van der Waals surface area contributed by atoms with E-state index < -0.39 is 6.29 Å². The Morgan fingerprint density at radius 3 is 2.87 bits per heavy atom. The number of ether oxygens (including phenoxy) is 3. The zero-order valence-electron chi connectivity index (χ0n) is 13.3. The van der Waals surface area contributed by atoms with Crippen LogP contribution in [-0.2, 0) is 14.3 Å². The first-order valence-electron chi connectivity index (χ1n) is 7.69. The molecule has 1 aromatic carbocycles. The first-order chi connectivity index (χ1) is 11.1. The molecule has 1 aliphatic heterocycles. The molecule has 2 atom stereocenters. The van der Waals surface area contributed by atoms with Gasteiger partial charge in [0.25, 0.3) is 0 Å². The third-order valence-corrected chi connectivity index (χ3v) is 3.58. The van der Waals surface area contributed by atoms with Crippen LogP contribution in [0.1, 0.15) is 25.5 Å². The second kappa shape index (κ2) is 6.83. The number of aryl methyl sites for hydroxylation is 1. The van der Waals surface area contributed by atoms with Gasteiger partial charge in [0.05, 0.1) is 18.0 Å². The molecule has 2 heterocycles. The van der Waals surface area contributed by atoms with Crippen molar-refractivity contribution in [2.45, 2.75) is 39.1 Å². The summed E-state index contributed by atoms with van der Waals surface area (Å²) >= 11 is 0. The number of esters is 1. The van der Waals surface area contributed by atoms with Crippen LogP contribution in [0.25, 0.3) is 5.69 Å². The summed E-state index contributed by atoms with van der Waals surface area (Å²) in [5.74, 6) is 0.336. The van der Waals surface area contributed by atoms with Gasteiger partial charge >= 0.3 is 5.97 Å². The first-order valence-corrected chi connectivity index (χ1v) is 7.69. The smallest absolute Gasteiger partial charge is 0.302 e. The maximum absolute atomic E-state index is 11.1. The third-order valence-electron chi connectivity index (χ3n) is 3.58. The number of hydrogen-bond acceptors (Lipinski definition) is 5. The third kappa shape index (κ3) is 3.90. The summed E-state index contributed by atoms with van der Waals surface area (Å²) in [6.07, 6.45) is 0.585. The molecule has 0 N–H and O–H groups in total. The van der Waals surface area contributed by atoms with Crippen molar-refractivity contribution in [3.63, 3.8) is 0 Å². The van der Waals surface area contributed by atoms with Crippen molar-refractivity contribution in [3.05, 3.63) is 42.1 Å². The summed E-state index contributed by atoms with van der Waals surface area (Å²) in [6, 6.07) is 11.6. The lowest BCUT2D eigenvalue weighted by molar-refractivity contribution is -0.169. The highest BCUT2D eigenvalue weighted by atomic mass is 16.7. The molecular formula is C17H20N2O4. The van der Waals surface area contributed by atoms with Gasteiger partial charge in [0, 0.05) is 25.8 Å². The van der Waals surface area contributed by atoms with Gasteiger partial charge < -0.3 is 14.2 Å². The number of aromatic nitrogens is 2. The minimum absolute atomic E-state index is 0.166. The van der Waals surface area contributed by atoms with Crippen LogP contribution >= 0.6 is 0 Å². The molecule has 1 aliphatic rings. The average Bonchev–Trinajstić information content (AvgIpc) is 2.88. The predicted molar refractivity (Wildman–Crippen MR) is 83.5 cm³/mol. The second-order valence-electron chi connectivity index (χ2n) is 5.55. The summed E-state index contributed by atoms with van der Waals surface area (Å²) in [5.41, 5.74) is 1.78. The van der Waals surface area contributed by atoms with Crippen molar-refractivity contribution in [3.8, 4) is 11.6 Å². The summed E-state index contributed by atoms with van der Waals surface area (Å²) < 4.78 is 18.6. The molecule has 6 heteroatoms. The lowest BCUT2D eigenvalue weighted by Gasteiger charge is -2.29. The molecule has 0 radical (unpaired) electrons. The monoisotopic (exact) mass is 316 g/mol. The van der Waals surface area contributed by atoms with Crippen LogP contribution in [0.5, 0.6) is 5.88 Å². The van der Waals surface area contributed by atoms with E-state index in [9.17, 15) is 4.79 Å². The van der Waals surface area contributed by atoms with Crippen LogP contribution in [0, 0.1) is 6.92 Å². The lowest BCUT2D eigenvalue weighted by Crippen LogP contribution is -2.35. The largest absolute Gasteiger partial charge is 0.462 e. The highest BCUT2D eigenvalue weighted by Crippen LogP contribution is 2.24. The van der Waals surface area contributed by atoms with E-state index in [0.717, 1.165) is 11.4 Å². The van der Waals surface area contributed by atoms with Crippen molar-refractivity contribution < 1.29 is 19.0 Å². The first kappa shape index (κ1) is 15.6. The van der Waals surface area contributed by atoms with E-state index >= 15 is 0 Å². The quantitative estimate of drug-likeness (QED) is 0.811. The van der Waals surface area contributed by atoms with Crippen molar-refractivity contribution in [2.24, 2.45) is 0 Å². The van der Waals surface area contributed by atoms with E-state index in [4.69, 9.17) is 14.2 Å². The number of rotatable bonds is 4. The standard InChI is InChI=1S/C17H20N2O4/c1-12-10-16(19(18-12)14-6-4-3-5-7-14)23-17-11-15(8-9-21-17)22-13(2)20/h3-7,10,15,17H,8-9,11H2,1-2H3. The zero-order chi connectivity index (χ0) is 16.2. The summed E-state index contributed by atoms with van der Waals surface area (Å²) in [6.45, 7) is 3.83. The molecule has 0 aliphatic carbocycles. The molecule has 122 valence electrons. The van der Waals surface area contributed by atoms with Gasteiger partial charge in [-0.1, -0.05) is 18.2 Å². The molecule has 1 aromatic heterocycles. The number of carbonyl (C=O) groups excluding carboxylic acids is 1. The van der Waals surface area contributed by atoms with Crippen LogP contribution in [0.3, 0.4) is 0 Å². The van der Waals surface area contributed by atoms with E-state index in [2.05, 4.69) is 5.10 Å². The fraction of sp³-hybridized carbons (Fsp3) is 0.412. The number of hydrogen-bond donors (Lipinski definition) is 0. The van der Waals surface area contributed by atoms with E-state index in [1.54, 1.807) is 4.68 Å². The summed E-state index contributed by atoms with van der Waals surface area (Å²) in [7, 11) is 0. The number of para-hydroxylation sites is 1. The normalized spacial score (nSPS) is 21.0. The van der Waals surface area contributed by atoms with Crippen LogP contribution < -0.4 is 4.74 Å². The van der Waals surface area contributed by atoms with Gasteiger partial charge in [0.2, 0.25) is 12.2 Å². The predicted octanol–water partition coefficient (Wildman–Crippen LogP) is 2.63. The average molecular weight is 316 g/mol. The number of carbonyl (C=O) groups is 1. The second-order valence-corrected chi connectivity index (χ2v) is 5.55. The van der Waals surface area contributed by atoms with Crippen LogP contribution in [0.2, 0.25) is 0 Å². The van der Waals surface area contributed by atoms with Gasteiger partial charge in [0.1, 0.15) is 6.10 Å². The molecule has 6 nitrogen and oxygen atoms in total. The van der Waals surface area contributed by atoms with Crippen molar-refractivity contribution >= 4 is 5.97 Å². The lowest BCUT2D eigenvalue weighted by atomic mass is 10.1. The minimum Gasteiger partial charge on any atom is -0.462 e. The molecule has 1 fully saturated rings. The summed E-state index contributed by atoms with van der Waals surface area (Å²) in [4.78, 5) is 11.1. The molecule has 2 aromatic rings. The van der Waals surface area contributed by atoms with Crippen molar-refractivity contribution in [2.75, 3.05) is 6.61 Å². The Bertz CT molecular complexity index is 668.